The van der Waals surface area contributed by atoms with E-state index in [2.05, 4.69) is 26.4 Å². The SMILES string of the molecule is C#CCN(C)CCn1cc(CNC)nn1. The molecule has 1 heterocycles. The Hall–Kier alpha value is -1.38. The van der Waals surface area contributed by atoms with Gasteiger partial charge in [0.25, 0.3) is 0 Å². The molecular formula is C10H17N5. The minimum atomic E-state index is 0.665. The maximum atomic E-state index is 5.21. The van der Waals surface area contributed by atoms with Crippen molar-refractivity contribution in [3.8, 4) is 12.3 Å². The second kappa shape index (κ2) is 6.17. The van der Waals surface area contributed by atoms with Crippen molar-refractivity contribution in [1.29, 1.82) is 0 Å². The van der Waals surface area contributed by atoms with Crippen LogP contribution in [0, 0.1) is 12.3 Å². The summed E-state index contributed by atoms with van der Waals surface area (Å²) >= 11 is 0. The quantitative estimate of drug-likeness (QED) is 0.643. The highest BCUT2D eigenvalue weighted by Gasteiger charge is 2.00. The Kier molecular flexibility index (Phi) is 4.81. The Labute approximate surface area is 90.5 Å². The Morgan fingerprint density at radius 1 is 1.67 bits per heavy atom. The summed E-state index contributed by atoms with van der Waals surface area (Å²) in [5, 5.41) is 11.1. The Morgan fingerprint density at radius 3 is 3.13 bits per heavy atom. The van der Waals surface area contributed by atoms with Gasteiger partial charge in [-0.1, -0.05) is 11.1 Å². The number of hydrogen-bond acceptors (Lipinski definition) is 4. The molecule has 0 amide bonds. The highest BCUT2D eigenvalue weighted by Crippen LogP contribution is 1.92. The summed E-state index contributed by atoms with van der Waals surface area (Å²) in [5.74, 6) is 2.60. The Bertz CT molecular complexity index is 325. The molecule has 0 aliphatic heterocycles. The van der Waals surface area contributed by atoms with E-state index in [1.165, 1.54) is 0 Å². The zero-order valence-corrected chi connectivity index (χ0v) is 9.27. The van der Waals surface area contributed by atoms with Gasteiger partial charge in [-0.15, -0.1) is 11.5 Å². The van der Waals surface area contributed by atoms with Gasteiger partial charge in [0.1, 0.15) is 0 Å². The first kappa shape index (κ1) is 11.7. The fourth-order valence-electron chi connectivity index (χ4n) is 1.22. The van der Waals surface area contributed by atoms with E-state index in [0.717, 1.165) is 25.3 Å². The number of nitrogens with zero attached hydrogens (tertiary/aromatic N) is 4. The molecule has 0 unspecified atom stereocenters. The molecule has 0 fully saturated rings. The van der Waals surface area contributed by atoms with E-state index >= 15 is 0 Å². The number of terminal acetylenes is 1. The summed E-state index contributed by atoms with van der Waals surface area (Å²) < 4.78 is 1.83. The summed E-state index contributed by atoms with van der Waals surface area (Å²) in [6, 6.07) is 0. The van der Waals surface area contributed by atoms with E-state index < -0.39 is 0 Å². The molecule has 82 valence electrons. The van der Waals surface area contributed by atoms with E-state index in [0.29, 0.717) is 6.54 Å². The van der Waals surface area contributed by atoms with Crippen LogP contribution >= 0.6 is 0 Å². The number of rotatable bonds is 6. The first-order chi connectivity index (χ1) is 7.26. The number of hydrogen-bond donors (Lipinski definition) is 1. The minimum Gasteiger partial charge on any atom is -0.314 e. The monoisotopic (exact) mass is 207 g/mol. The smallest absolute Gasteiger partial charge is 0.0964 e. The van der Waals surface area contributed by atoms with Crippen molar-refractivity contribution >= 4 is 0 Å². The van der Waals surface area contributed by atoms with Gasteiger partial charge >= 0.3 is 0 Å². The molecule has 1 aromatic heterocycles. The van der Waals surface area contributed by atoms with Gasteiger partial charge in [-0.3, -0.25) is 9.58 Å². The van der Waals surface area contributed by atoms with Gasteiger partial charge in [-0.05, 0) is 14.1 Å². The molecule has 1 rings (SSSR count). The molecule has 5 heteroatoms. The van der Waals surface area contributed by atoms with Crippen LogP contribution in [0.5, 0.6) is 0 Å². The van der Waals surface area contributed by atoms with Crippen LogP contribution in [-0.4, -0.2) is 47.1 Å². The van der Waals surface area contributed by atoms with Crippen molar-refractivity contribution in [1.82, 2.24) is 25.2 Å². The number of aromatic nitrogens is 3. The van der Waals surface area contributed by atoms with E-state index in [4.69, 9.17) is 6.42 Å². The molecule has 15 heavy (non-hydrogen) atoms. The van der Waals surface area contributed by atoms with Crippen LogP contribution in [0.2, 0.25) is 0 Å². The van der Waals surface area contributed by atoms with Crippen molar-refractivity contribution in [3.05, 3.63) is 11.9 Å². The second-order valence-corrected chi connectivity index (χ2v) is 3.45. The second-order valence-electron chi connectivity index (χ2n) is 3.45. The van der Waals surface area contributed by atoms with Crippen molar-refractivity contribution in [2.24, 2.45) is 0 Å². The van der Waals surface area contributed by atoms with Crippen LogP contribution in [-0.2, 0) is 13.1 Å². The number of likely N-dealkylation sites (N-methyl/N-ethyl adjacent to an activating group) is 1. The van der Waals surface area contributed by atoms with Gasteiger partial charge in [-0.25, -0.2) is 0 Å². The van der Waals surface area contributed by atoms with Crippen molar-refractivity contribution in [2.75, 3.05) is 27.2 Å². The largest absolute Gasteiger partial charge is 0.314 e. The fraction of sp³-hybridized carbons (Fsp3) is 0.600. The lowest BCUT2D eigenvalue weighted by atomic mass is 10.4. The third-order valence-corrected chi connectivity index (χ3v) is 2.02. The normalized spacial score (nSPS) is 10.5. The van der Waals surface area contributed by atoms with Crippen LogP contribution in [0.4, 0.5) is 0 Å². The Morgan fingerprint density at radius 2 is 2.47 bits per heavy atom. The molecule has 1 N–H and O–H groups in total. The van der Waals surface area contributed by atoms with Crippen LogP contribution in [0.1, 0.15) is 5.69 Å². The molecule has 0 spiro atoms. The maximum absolute atomic E-state index is 5.21. The first-order valence-corrected chi connectivity index (χ1v) is 4.92. The highest BCUT2D eigenvalue weighted by molar-refractivity contribution is 4.91. The zero-order chi connectivity index (χ0) is 11.1. The lowest BCUT2D eigenvalue weighted by Crippen LogP contribution is -2.23. The predicted molar refractivity (Wildman–Crippen MR) is 59.1 cm³/mol. The van der Waals surface area contributed by atoms with E-state index in [1.54, 1.807) is 0 Å². The zero-order valence-electron chi connectivity index (χ0n) is 9.27. The molecule has 5 nitrogen and oxygen atoms in total. The van der Waals surface area contributed by atoms with Crippen molar-refractivity contribution in [2.45, 2.75) is 13.1 Å². The standard InChI is InChI=1S/C10H17N5/c1-4-5-14(3)6-7-15-9-10(8-11-2)12-13-15/h1,9,11H,5-8H2,2-3H3. The highest BCUT2D eigenvalue weighted by atomic mass is 15.4. The molecular weight excluding hydrogens is 190 g/mol. The maximum Gasteiger partial charge on any atom is 0.0964 e. The molecule has 0 saturated carbocycles. The van der Waals surface area contributed by atoms with Crippen LogP contribution in [0.25, 0.3) is 0 Å². The molecule has 0 aliphatic rings. The summed E-state index contributed by atoms with van der Waals surface area (Å²) in [6.45, 7) is 3.11. The van der Waals surface area contributed by atoms with E-state index in [1.807, 2.05) is 25.0 Å². The summed E-state index contributed by atoms with van der Waals surface area (Å²) in [7, 11) is 3.88. The lowest BCUT2D eigenvalue weighted by Gasteiger charge is -2.11. The van der Waals surface area contributed by atoms with Crippen LogP contribution in [0.3, 0.4) is 0 Å². The van der Waals surface area contributed by atoms with Gasteiger partial charge in [0.2, 0.25) is 0 Å². The van der Waals surface area contributed by atoms with Gasteiger partial charge in [-0.2, -0.15) is 0 Å². The van der Waals surface area contributed by atoms with Gasteiger partial charge < -0.3 is 5.32 Å². The first-order valence-electron chi connectivity index (χ1n) is 4.92. The minimum absolute atomic E-state index is 0.665. The fourth-order valence-corrected chi connectivity index (χ4v) is 1.22. The Balaban J connectivity index is 2.34. The van der Waals surface area contributed by atoms with Crippen molar-refractivity contribution < 1.29 is 0 Å². The molecule has 0 aromatic carbocycles. The molecule has 0 bridgehead atoms. The molecule has 0 radical (unpaired) electrons. The van der Waals surface area contributed by atoms with Gasteiger partial charge in [0.15, 0.2) is 0 Å². The molecule has 0 aliphatic carbocycles. The van der Waals surface area contributed by atoms with Crippen molar-refractivity contribution in [3.63, 3.8) is 0 Å². The van der Waals surface area contributed by atoms with Gasteiger partial charge in [0.05, 0.1) is 18.8 Å². The summed E-state index contributed by atoms with van der Waals surface area (Å²) in [6.07, 6.45) is 7.15. The topological polar surface area (TPSA) is 46.0 Å². The number of nitrogens with one attached hydrogen (secondary N) is 1. The summed E-state index contributed by atoms with van der Waals surface area (Å²) in [4.78, 5) is 2.07. The third kappa shape index (κ3) is 4.11. The van der Waals surface area contributed by atoms with E-state index in [-0.39, 0.29) is 0 Å². The molecule has 1 aromatic rings. The van der Waals surface area contributed by atoms with Crippen LogP contribution < -0.4 is 5.32 Å². The van der Waals surface area contributed by atoms with Gasteiger partial charge in [0, 0.05) is 19.3 Å². The third-order valence-electron chi connectivity index (χ3n) is 2.02. The average molecular weight is 207 g/mol. The van der Waals surface area contributed by atoms with E-state index in [9.17, 15) is 0 Å². The van der Waals surface area contributed by atoms with Crippen LogP contribution in [0.15, 0.2) is 6.20 Å². The lowest BCUT2D eigenvalue weighted by molar-refractivity contribution is 0.345. The molecule has 0 saturated heterocycles. The predicted octanol–water partition coefficient (Wildman–Crippen LogP) is -0.437. The molecule has 0 atom stereocenters. The summed E-state index contributed by atoms with van der Waals surface area (Å²) in [5.41, 5.74) is 0.956. The average Bonchev–Trinajstić information content (AvgIpc) is 2.64.